The Labute approximate surface area is 111 Å². The summed E-state index contributed by atoms with van der Waals surface area (Å²) in [5.41, 5.74) is 2.74. The van der Waals surface area contributed by atoms with Gasteiger partial charge in [-0.05, 0) is 25.0 Å². The number of carbonyl (C=O) groups is 1. The van der Waals surface area contributed by atoms with Gasteiger partial charge in [-0.3, -0.25) is 4.79 Å². The van der Waals surface area contributed by atoms with Crippen molar-refractivity contribution in [3.8, 4) is 0 Å². The molecular formula is C11H16N4O3S. The molecule has 104 valence electrons. The molecule has 1 amide bonds. The summed E-state index contributed by atoms with van der Waals surface area (Å²) in [5.74, 6) is 5.52. The first-order chi connectivity index (χ1) is 9.00. The fraction of sp³-hybridized carbons (Fsp3) is 0.455. The molecule has 8 heteroatoms. The van der Waals surface area contributed by atoms with Gasteiger partial charge in [0, 0.05) is 12.2 Å². The summed E-state index contributed by atoms with van der Waals surface area (Å²) >= 11 is 0. The van der Waals surface area contributed by atoms with Gasteiger partial charge in [-0.1, -0.05) is 0 Å². The van der Waals surface area contributed by atoms with Gasteiger partial charge < -0.3 is 10.7 Å². The fourth-order valence-electron chi connectivity index (χ4n) is 2.02. The monoisotopic (exact) mass is 284 g/mol. The van der Waals surface area contributed by atoms with Crippen molar-refractivity contribution in [1.82, 2.24) is 10.3 Å². The number of nitrogens with one attached hydrogen (secondary N) is 2. The van der Waals surface area contributed by atoms with Gasteiger partial charge in [-0.2, -0.15) is 0 Å². The van der Waals surface area contributed by atoms with E-state index in [2.05, 4.69) is 15.7 Å². The molecule has 0 radical (unpaired) electrons. The van der Waals surface area contributed by atoms with E-state index in [0.717, 1.165) is 0 Å². The Morgan fingerprint density at radius 2 is 2.21 bits per heavy atom. The summed E-state index contributed by atoms with van der Waals surface area (Å²) in [4.78, 5) is 15.9. The van der Waals surface area contributed by atoms with Crippen LogP contribution in [0.4, 0.5) is 5.82 Å². The standard InChI is InChI=1S/C11H16N4O3S/c12-15-10-4-3-8(6-13-10)11(16)14-9-2-1-5-19(17,18)7-9/h3-4,6,9H,1-2,5,7,12H2,(H,13,15)(H,14,16). The van der Waals surface area contributed by atoms with Crippen LogP contribution >= 0.6 is 0 Å². The van der Waals surface area contributed by atoms with Gasteiger partial charge in [0.15, 0.2) is 9.84 Å². The van der Waals surface area contributed by atoms with Crippen molar-refractivity contribution in [3.63, 3.8) is 0 Å². The number of nitrogens with zero attached hydrogens (tertiary/aromatic N) is 1. The number of amides is 1. The molecule has 4 N–H and O–H groups in total. The smallest absolute Gasteiger partial charge is 0.253 e. The van der Waals surface area contributed by atoms with Crippen molar-refractivity contribution >= 4 is 21.6 Å². The fourth-order valence-corrected chi connectivity index (χ4v) is 3.66. The van der Waals surface area contributed by atoms with Gasteiger partial charge in [0.2, 0.25) is 0 Å². The van der Waals surface area contributed by atoms with E-state index >= 15 is 0 Å². The lowest BCUT2D eigenvalue weighted by molar-refractivity contribution is 0.0938. The largest absolute Gasteiger partial charge is 0.348 e. The van der Waals surface area contributed by atoms with Crippen molar-refractivity contribution in [1.29, 1.82) is 0 Å². The number of pyridine rings is 1. The van der Waals surface area contributed by atoms with Gasteiger partial charge in [0.25, 0.3) is 5.91 Å². The van der Waals surface area contributed by atoms with E-state index in [4.69, 9.17) is 5.84 Å². The van der Waals surface area contributed by atoms with Crippen LogP contribution in [0.5, 0.6) is 0 Å². The van der Waals surface area contributed by atoms with Crippen LogP contribution in [0.1, 0.15) is 23.2 Å². The predicted octanol–water partition coefficient (Wildman–Crippen LogP) is -0.326. The topological polar surface area (TPSA) is 114 Å². The zero-order valence-corrected chi connectivity index (χ0v) is 11.1. The molecule has 0 saturated carbocycles. The molecular weight excluding hydrogens is 268 g/mol. The molecule has 0 spiro atoms. The Bertz CT molecular complexity index is 556. The van der Waals surface area contributed by atoms with Crippen LogP contribution in [0.25, 0.3) is 0 Å². The van der Waals surface area contributed by atoms with Gasteiger partial charge in [-0.15, -0.1) is 0 Å². The highest BCUT2D eigenvalue weighted by Gasteiger charge is 2.26. The van der Waals surface area contributed by atoms with E-state index in [9.17, 15) is 13.2 Å². The third-order valence-corrected chi connectivity index (χ3v) is 4.79. The summed E-state index contributed by atoms with van der Waals surface area (Å²) in [6.45, 7) is 0. The predicted molar refractivity (Wildman–Crippen MR) is 71.2 cm³/mol. The Morgan fingerprint density at radius 3 is 2.79 bits per heavy atom. The number of hydrazine groups is 1. The average Bonchev–Trinajstić information content (AvgIpc) is 2.37. The molecule has 0 aliphatic carbocycles. The van der Waals surface area contributed by atoms with Crippen molar-refractivity contribution in [2.75, 3.05) is 16.9 Å². The molecule has 1 saturated heterocycles. The van der Waals surface area contributed by atoms with Crippen molar-refractivity contribution in [2.24, 2.45) is 5.84 Å². The highest BCUT2D eigenvalue weighted by atomic mass is 32.2. The molecule has 0 aromatic carbocycles. The number of carbonyl (C=O) groups excluding carboxylic acids is 1. The van der Waals surface area contributed by atoms with Crippen LogP contribution < -0.4 is 16.6 Å². The molecule has 1 fully saturated rings. The van der Waals surface area contributed by atoms with E-state index in [0.29, 0.717) is 24.2 Å². The van der Waals surface area contributed by atoms with Crippen LogP contribution in [0, 0.1) is 0 Å². The summed E-state index contributed by atoms with van der Waals surface area (Å²) in [6, 6.07) is 2.83. The zero-order chi connectivity index (χ0) is 13.9. The Kier molecular flexibility index (Phi) is 4.01. The van der Waals surface area contributed by atoms with Crippen molar-refractivity contribution < 1.29 is 13.2 Å². The number of aromatic nitrogens is 1. The lowest BCUT2D eigenvalue weighted by atomic mass is 10.1. The van der Waals surface area contributed by atoms with Gasteiger partial charge >= 0.3 is 0 Å². The second-order valence-electron chi connectivity index (χ2n) is 4.50. The van der Waals surface area contributed by atoms with Gasteiger partial charge in [-0.25, -0.2) is 19.2 Å². The van der Waals surface area contributed by atoms with E-state index in [1.807, 2.05) is 0 Å². The molecule has 19 heavy (non-hydrogen) atoms. The normalized spacial score (nSPS) is 21.6. The number of hydrogen-bond acceptors (Lipinski definition) is 6. The van der Waals surface area contributed by atoms with Crippen molar-refractivity contribution in [2.45, 2.75) is 18.9 Å². The van der Waals surface area contributed by atoms with Crippen LogP contribution in [0.15, 0.2) is 18.3 Å². The lowest BCUT2D eigenvalue weighted by Crippen LogP contribution is -2.43. The molecule has 2 heterocycles. The number of nitrogens with two attached hydrogens (primary N) is 1. The number of nitrogen functional groups attached to an aromatic ring is 1. The summed E-state index contributed by atoms with van der Waals surface area (Å²) in [6.07, 6.45) is 2.66. The molecule has 7 nitrogen and oxygen atoms in total. The van der Waals surface area contributed by atoms with Crippen molar-refractivity contribution in [3.05, 3.63) is 23.9 Å². The van der Waals surface area contributed by atoms with E-state index in [1.54, 1.807) is 12.1 Å². The van der Waals surface area contributed by atoms with Crippen LogP contribution in [0.2, 0.25) is 0 Å². The quantitative estimate of drug-likeness (QED) is 0.517. The molecule has 1 unspecified atom stereocenters. The minimum Gasteiger partial charge on any atom is -0.348 e. The zero-order valence-electron chi connectivity index (χ0n) is 10.3. The first kappa shape index (κ1) is 13.8. The number of sulfone groups is 1. The minimum absolute atomic E-state index is 0.00854. The van der Waals surface area contributed by atoms with E-state index < -0.39 is 9.84 Å². The molecule has 2 rings (SSSR count). The highest BCUT2D eigenvalue weighted by molar-refractivity contribution is 7.91. The molecule has 1 atom stereocenters. The molecule has 1 aromatic heterocycles. The second kappa shape index (κ2) is 5.54. The van der Waals surface area contributed by atoms with E-state index in [-0.39, 0.29) is 23.5 Å². The molecule has 0 bridgehead atoms. The van der Waals surface area contributed by atoms with Gasteiger partial charge in [0.1, 0.15) is 5.82 Å². The third kappa shape index (κ3) is 3.65. The average molecular weight is 284 g/mol. The second-order valence-corrected chi connectivity index (χ2v) is 6.73. The summed E-state index contributed by atoms with van der Waals surface area (Å²) in [7, 11) is -3.03. The van der Waals surface area contributed by atoms with Gasteiger partial charge in [0.05, 0.1) is 17.1 Å². The molecule has 1 aromatic rings. The van der Waals surface area contributed by atoms with Crippen LogP contribution in [-0.4, -0.2) is 36.9 Å². The SMILES string of the molecule is NNc1ccc(C(=O)NC2CCCS(=O)(=O)C2)cn1. The number of anilines is 1. The Morgan fingerprint density at radius 1 is 1.42 bits per heavy atom. The maximum atomic E-state index is 11.9. The minimum atomic E-state index is -3.03. The van der Waals surface area contributed by atoms with E-state index in [1.165, 1.54) is 6.20 Å². The maximum Gasteiger partial charge on any atom is 0.253 e. The van der Waals surface area contributed by atoms with Crippen LogP contribution in [-0.2, 0) is 9.84 Å². The Hall–Kier alpha value is -1.67. The summed E-state index contributed by atoms with van der Waals surface area (Å²) < 4.78 is 23.0. The number of hydrogen-bond donors (Lipinski definition) is 3. The summed E-state index contributed by atoms with van der Waals surface area (Å²) in [5, 5.41) is 2.72. The molecule has 1 aliphatic rings. The maximum absolute atomic E-state index is 11.9. The highest BCUT2D eigenvalue weighted by Crippen LogP contribution is 2.13. The lowest BCUT2D eigenvalue weighted by Gasteiger charge is -2.22. The first-order valence-electron chi connectivity index (χ1n) is 5.94. The first-order valence-corrected chi connectivity index (χ1v) is 7.76. The Balaban J connectivity index is 2.00. The number of rotatable bonds is 3. The third-order valence-electron chi connectivity index (χ3n) is 2.97. The molecule has 1 aliphatic heterocycles. The van der Waals surface area contributed by atoms with Crippen LogP contribution in [0.3, 0.4) is 0 Å².